The Balaban J connectivity index is 3.46. The van der Waals surface area contributed by atoms with Gasteiger partial charge in [0.1, 0.15) is 5.75 Å². The summed E-state index contributed by atoms with van der Waals surface area (Å²) in [6.45, 7) is 14.6. The highest BCUT2D eigenvalue weighted by molar-refractivity contribution is 5.85. The first kappa shape index (κ1) is 17.7. The molecule has 2 N–H and O–H groups in total. The number of benzene rings is 1. The molecule has 0 saturated carbocycles. The lowest BCUT2D eigenvalue weighted by Gasteiger charge is -2.27. The maximum Gasteiger partial charge on any atom is 0.128 e. The van der Waals surface area contributed by atoms with Gasteiger partial charge < -0.3 is 10.2 Å². The van der Waals surface area contributed by atoms with Gasteiger partial charge in [-0.05, 0) is 29.4 Å². The molecule has 0 unspecified atom stereocenters. The normalized spacial score (nSPS) is 14.7. The van der Waals surface area contributed by atoms with Crippen LogP contribution in [0.25, 0.3) is 0 Å². The Bertz CT molecular complexity index is 519. The maximum absolute atomic E-state index is 10.5. The van der Waals surface area contributed by atoms with Gasteiger partial charge in [-0.25, -0.2) is 0 Å². The average molecular weight is 291 g/mol. The zero-order chi connectivity index (χ0) is 16.4. The lowest BCUT2D eigenvalue weighted by Crippen LogP contribution is -2.17. The molecule has 0 aliphatic rings. The highest BCUT2D eigenvalue weighted by Gasteiger charge is 2.24. The zero-order valence-corrected chi connectivity index (χ0v) is 14.4. The summed E-state index contributed by atoms with van der Waals surface area (Å²) in [4.78, 5) is 4.29. The molecule has 0 aliphatic carbocycles. The van der Waals surface area contributed by atoms with Gasteiger partial charge in [-0.1, -0.05) is 47.6 Å². The van der Waals surface area contributed by atoms with Crippen LogP contribution in [0, 0.1) is 0 Å². The van der Waals surface area contributed by atoms with Gasteiger partial charge in [-0.2, -0.15) is 0 Å². The minimum absolute atomic E-state index is 0.00111. The number of rotatable bonds is 3. The number of phenolic OH excluding ortho intramolecular Hbond substituents is 1. The van der Waals surface area contributed by atoms with E-state index in [0.717, 1.165) is 5.56 Å². The molecule has 0 fully saturated rings. The predicted molar refractivity (Wildman–Crippen MR) is 89.6 cm³/mol. The number of hydrogen-bond donors (Lipinski definition) is 2. The first-order chi connectivity index (χ1) is 9.46. The molecule has 0 radical (unpaired) electrons. The summed E-state index contributed by atoms with van der Waals surface area (Å²) in [6, 6.07) is 3.90. The van der Waals surface area contributed by atoms with E-state index in [1.165, 1.54) is 5.56 Å². The third kappa shape index (κ3) is 4.57. The van der Waals surface area contributed by atoms with E-state index in [0.29, 0.717) is 5.56 Å². The van der Waals surface area contributed by atoms with E-state index >= 15 is 0 Å². The Kier molecular flexibility index (Phi) is 5.21. The van der Waals surface area contributed by atoms with Crippen molar-refractivity contribution in [2.45, 2.75) is 65.3 Å². The molecule has 1 aromatic carbocycles. The molecule has 118 valence electrons. The van der Waals surface area contributed by atoms with Crippen LogP contribution in [0.4, 0.5) is 0 Å². The highest BCUT2D eigenvalue weighted by atomic mass is 16.3. The topological polar surface area (TPSA) is 52.8 Å². The van der Waals surface area contributed by atoms with Crippen molar-refractivity contribution in [3.05, 3.63) is 28.8 Å². The molecule has 3 nitrogen and oxygen atoms in total. The van der Waals surface area contributed by atoms with Crippen molar-refractivity contribution in [2.24, 2.45) is 4.99 Å². The molecule has 1 aromatic rings. The molecule has 0 amide bonds. The summed E-state index contributed by atoms with van der Waals surface area (Å²) in [5.41, 5.74) is 2.67. The smallest absolute Gasteiger partial charge is 0.128 e. The number of aromatic hydroxyl groups is 1. The average Bonchev–Trinajstić information content (AvgIpc) is 2.34. The molecule has 21 heavy (non-hydrogen) atoms. The van der Waals surface area contributed by atoms with Gasteiger partial charge in [0.15, 0.2) is 0 Å². The van der Waals surface area contributed by atoms with Gasteiger partial charge in [-0.15, -0.1) is 0 Å². The van der Waals surface area contributed by atoms with Crippen molar-refractivity contribution in [1.82, 2.24) is 0 Å². The number of aliphatic imine (C=N–C) groups is 1. The lowest BCUT2D eigenvalue weighted by molar-refractivity contribution is 0.275. The molecule has 1 atom stereocenters. The second-order valence-electron chi connectivity index (χ2n) is 7.77. The van der Waals surface area contributed by atoms with Crippen LogP contribution in [0.15, 0.2) is 17.1 Å². The van der Waals surface area contributed by atoms with Gasteiger partial charge in [-0.3, -0.25) is 4.99 Å². The van der Waals surface area contributed by atoms with E-state index in [2.05, 4.69) is 52.6 Å². The van der Waals surface area contributed by atoms with Gasteiger partial charge in [0.05, 0.1) is 12.6 Å². The summed E-state index contributed by atoms with van der Waals surface area (Å²) in [7, 11) is 0. The number of phenols is 1. The maximum atomic E-state index is 10.5. The Labute approximate surface area is 128 Å². The molecule has 0 aliphatic heterocycles. The zero-order valence-electron chi connectivity index (χ0n) is 14.4. The van der Waals surface area contributed by atoms with Crippen molar-refractivity contribution in [3.63, 3.8) is 0 Å². The summed E-state index contributed by atoms with van der Waals surface area (Å²) < 4.78 is 0. The quantitative estimate of drug-likeness (QED) is 0.833. The van der Waals surface area contributed by atoms with E-state index in [1.807, 2.05) is 13.0 Å². The second kappa shape index (κ2) is 6.18. The summed E-state index contributed by atoms with van der Waals surface area (Å²) in [6.07, 6.45) is 1.67. The third-order valence-corrected chi connectivity index (χ3v) is 3.55. The van der Waals surface area contributed by atoms with Crippen molar-refractivity contribution in [3.8, 4) is 5.75 Å². The molecule has 0 heterocycles. The van der Waals surface area contributed by atoms with Crippen LogP contribution >= 0.6 is 0 Å². The number of aliphatic hydroxyl groups is 1. The van der Waals surface area contributed by atoms with Crippen LogP contribution in [0.1, 0.15) is 65.2 Å². The molecule has 1 rings (SSSR count). The van der Waals surface area contributed by atoms with E-state index in [-0.39, 0.29) is 29.2 Å². The third-order valence-electron chi connectivity index (χ3n) is 3.55. The SMILES string of the molecule is C[C@@H](CO)/N=C/c1cc(C(C)(C)C)cc(C(C)(C)C)c1O. The van der Waals surface area contributed by atoms with Gasteiger partial charge in [0.2, 0.25) is 0 Å². The van der Waals surface area contributed by atoms with Crippen molar-refractivity contribution in [2.75, 3.05) is 6.61 Å². The Morgan fingerprint density at radius 2 is 1.67 bits per heavy atom. The molecule has 0 bridgehead atoms. The molecular formula is C18H29NO2. The second-order valence-corrected chi connectivity index (χ2v) is 7.77. The largest absolute Gasteiger partial charge is 0.507 e. The van der Waals surface area contributed by atoms with Crippen LogP contribution in [-0.2, 0) is 10.8 Å². The standard InChI is InChI=1S/C18H29NO2/c1-12(11-20)19-10-13-8-14(17(2,3)4)9-15(16(13)21)18(5,6)7/h8-10,12,20-21H,11H2,1-7H3/b19-10+/t12-/m0/s1. The van der Waals surface area contributed by atoms with Crippen LogP contribution in [0.2, 0.25) is 0 Å². The van der Waals surface area contributed by atoms with Crippen LogP contribution < -0.4 is 0 Å². The Morgan fingerprint density at radius 3 is 2.10 bits per heavy atom. The lowest BCUT2D eigenvalue weighted by atomic mass is 9.79. The summed E-state index contributed by atoms with van der Waals surface area (Å²) in [5.74, 6) is 0.282. The van der Waals surface area contributed by atoms with Gasteiger partial charge in [0, 0.05) is 17.3 Å². The molecule has 0 saturated heterocycles. The van der Waals surface area contributed by atoms with Crippen LogP contribution in [0.3, 0.4) is 0 Å². The van der Waals surface area contributed by atoms with Crippen LogP contribution in [0.5, 0.6) is 5.75 Å². The fourth-order valence-corrected chi connectivity index (χ4v) is 2.01. The molecule has 3 heteroatoms. The van der Waals surface area contributed by atoms with Gasteiger partial charge >= 0.3 is 0 Å². The minimum atomic E-state index is -0.166. The van der Waals surface area contributed by atoms with E-state index in [1.54, 1.807) is 6.21 Å². The Morgan fingerprint density at radius 1 is 1.10 bits per heavy atom. The summed E-state index contributed by atoms with van der Waals surface area (Å²) >= 11 is 0. The highest BCUT2D eigenvalue weighted by Crippen LogP contribution is 2.37. The first-order valence-electron chi connectivity index (χ1n) is 7.49. The van der Waals surface area contributed by atoms with E-state index in [9.17, 15) is 5.11 Å². The Hall–Kier alpha value is -1.35. The van der Waals surface area contributed by atoms with E-state index in [4.69, 9.17) is 5.11 Å². The predicted octanol–water partition coefficient (Wildman–Crippen LogP) is 3.79. The monoisotopic (exact) mass is 291 g/mol. The fraction of sp³-hybridized carbons (Fsp3) is 0.611. The number of hydrogen-bond acceptors (Lipinski definition) is 3. The van der Waals surface area contributed by atoms with Crippen molar-refractivity contribution >= 4 is 6.21 Å². The fourth-order valence-electron chi connectivity index (χ4n) is 2.01. The summed E-state index contributed by atoms with van der Waals surface area (Å²) in [5, 5.41) is 19.6. The van der Waals surface area contributed by atoms with Crippen LogP contribution in [-0.4, -0.2) is 29.1 Å². The molecule has 0 spiro atoms. The van der Waals surface area contributed by atoms with Crippen molar-refractivity contribution in [1.29, 1.82) is 0 Å². The number of aliphatic hydroxyl groups excluding tert-OH is 1. The van der Waals surface area contributed by atoms with Gasteiger partial charge in [0.25, 0.3) is 0 Å². The van der Waals surface area contributed by atoms with Crippen molar-refractivity contribution < 1.29 is 10.2 Å². The minimum Gasteiger partial charge on any atom is -0.507 e. The molecular weight excluding hydrogens is 262 g/mol. The molecule has 0 aromatic heterocycles. The van der Waals surface area contributed by atoms with E-state index < -0.39 is 0 Å². The first-order valence-corrected chi connectivity index (χ1v) is 7.49. The number of nitrogens with zero attached hydrogens (tertiary/aromatic N) is 1.